The van der Waals surface area contributed by atoms with E-state index in [1.165, 1.54) is 11.3 Å². The molecular weight excluding hydrogens is 186 g/mol. The molecule has 0 bridgehead atoms. The molecule has 3 nitrogen and oxygen atoms in total. The number of benzene rings is 1. The van der Waals surface area contributed by atoms with Crippen molar-refractivity contribution in [2.24, 2.45) is 0 Å². The fourth-order valence-electron chi connectivity index (χ4n) is 1.19. The molecule has 1 heterocycles. The highest BCUT2D eigenvalue weighted by Gasteiger charge is 2.00. The largest absolute Gasteiger partial charge is 0.494 e. The third-order valence-corrected chi connectivity index (χ3v) is 2.56. The van der Waals surface area contributed by atoms with Gasteiger partial charge in [0.05, 0.1) is 16.8 Å². The first-order chi connectivity index (χ1) is 6.29. The average Bonchev–Trinajstić information content (AvgIpc) is 2.44. The lowest BCUT2D eigenvalue weighted by Gasteiger charge is -2.00. The van der Waals surface area contributed by atoms with E-state index < -0.39 is 0 Å². The number of thiazole rings is 1. The molecule has 68 valence electrons. The van der Waals surface area contributed by atoms with Crippen molar-refractivity contribution in [1.82, 2.24) is 4.98 Å². The van der Waals surface area contributed by atoms with Gasteiger partial charge in [-0.2, -0.15) is 0 Å². The first-order valence-electron chi connectivity index (χ1n) is 4.05. The van der Waals surface area contributed by atoms with Crippen LogP contribution in [-0.4, -0.2) is 11.6 Å². The SMILES string of the molecule is CCOc1ccc2sc(=O)[nH]c2c1. The Labute approximate surface area is 79.0 Å². The molecule has 0 saturated carbocycles. The zero-order valence-electron chi connectivity index (χ0n) is 7.16. The molecule has 0 aliphatic heterocycles. The molecule has 0 saturated heterocycles. The lowest BCUT2D eigenvalue weighted by molar-refractivity contribution is 0.340. The van der Waals surface area contributed by atoms with Gasteiger partial charge in [0.2, 0.25) is 0 Å². The number of fused-ring (bicyclic) bond motifs is 1. The zero-order chi connectivity index (χ0) is 9.26. The highest BCUT2D eigenvalue weighted by Crippen LogP contribution is 2.20. The number of nitrogens with one attached hydrogen (secondary N) is 1. The number of rotatable bonds is 2. The molecule has 4 heteroatoms. The van der Waals surface area contributed by atoms with Crippen molar-refractivity contribution < 1.29 is 4.74 Å². The lowest BCUT2D eigenvalue weighted by atomic mass is 10.3. The van der Waals surface area contributed by atoms with Crippen LogP contribution in [0.15, 0.2) is 23.0 Å². The van der Waals surface area contributed by atoms with Crippen molar-refractivity contribution in [3.63, 3.8) is 0 Å². The van der Waals surface area contributed by atoms with Gasteiger partial charge in [-0.25, -0.2) is 0 Å². The minimum absolute atomic E-state index is 0.0244. The standard InChI is InChI=1S/C9H9NO2S/c1-2-12-6-3-4-8-7(5-6)10-9(11)13-8/h3-5H,2H2,1H3,(H,10,11). The van der Waals surface area contributed by atoms with Gasteiger partial charge in [0.25, 0.3) is 0 Å². The van der Waals surface area contributed by atoms with Crippen LogP contribution in [0.5, 0.6) is 5.75 Å². The van der Waals surface area contributed by atoms with Gasteiger partial charge in [-0.1, -0.05) is 11.3 Å². The van der Waals surface area contributed by atoms with Crippen molar-refractivity contribution in [3.8, 4) is 5.75 Å². The minimum Gasteiger partial charge on any atom is -0.494 e. The van der Waals surface area contributed by atoms with Crippen molar-refractivity contribution in [2.45, 2.75) is 6.92 Å². The predicted molar refractivity (Wildman–Crippen MR) is 53.6 cm³/mol. The van der Waals surface area contributed by atoms with Gasteiger partial charge in [-0.05, 0) is 19.1 Å². The number of H-pyrrole nitrogens is 1. The summed E-state index contributed by atoms with van der Waals surface area (Å²) in [5.74, 6) is 0.795. The van der Waals surface area contributed by atoms with Crippen LogP contribution < -0.4 is 9.61 Å². The van der Waals surface area contributed by atoms with Crippen LogP contribution >= 0.6 is 11.3 Å². The van der Waals surface area contributed by atoms with Crippen LogP contribution in [0.4, 0.5) is 0 Å². The molecule has 0 unspecified atom stereocenters. The van der Waals surface area contributed by atoms with E-state index in [9.17, 15) is 4.79 Å². The smallest absolute Gasteiger partial charge is 0.305 e. The van der Waals surface area contributed by atoms with E-state index in [2.05, 4.69) is 4.98 Å². The highest BCUT2D eigenvalue weighted by molar-refractivity contribution is 7.16. The molecule has 0 radical (unpaired) electrons. The molecule has 1 aromatic carbocycles. The minimum atomic E-state index is -0.0244. The van der Waals surface area contributed by atoms with E-state index in [4.69, 9.17) is 4.74 Å². The highest BCUT2D eigenvalue weighted by atomic mass is 32.1. The first-order valence-corrected chi connectivity index (χ1v) is 4.87. The topological polar surface area (TPSA) is 42.1 Å². The van der Waals surface area contributed by atoms with Crippen LogP contribution in [0.25, 0.3) is 10.2 Å². The maximum atomic E-state index is 11.0. The van der Waals surface area contributed by atoms with Crippen molar-refractivity contribution in [2.75, 3.05) is 6.61 Å². The summed E-state index contributed by atoms with van der Waals surface area (Å²) >= 11 is 1.21. The van der Waals surface area contributed by atoms with Gasteiger partial charge in [0.15, 0.2) is 0 Å². The summed E-state index contributed by atoms with van der Waals surface area (Å²) in [6, 6.07) is 5.61. The van der Waals surface area contributed by atoms with Gasteiger partial charge >= 0.3 is 4.87 Å². The maximum absolute atomic E-state index is 11.0. The zero-order valence-corrected chi connectivity index (χ0v) is 7.98. The van der Waals surface area contributed by atoms with Crippen LogP contribution in [-0.2, 0) is 0 Å². The molecule has 1 aromatic heterocycles. The van der Waals surface area contributed by atoms with Crippen molar-refractivity contribution in [1.29, 1.82) is 0 Å². The molecule has 0 fully saturated rings. The van der Waals surface area contributed by atoms with Gasteiger partial charge in [-0.15, -0.1) is 0 Å². The number of aromatic nitrogens is 1. The Balaban J connectivity index is 2.54. The van der Waals surface area contributed by atoms with Crippen molar-refractivity contribution >= 4 is 21.6 Å². The Morgan fingerprint density at radius 3 is 3.15 bits per heavy atom. The molecule has 0 spiro atoms. The van der Waals surface area contributed by atoms with Crippen LogP contribution in [0, 0.1) is 0 Å². The molecule has 0 aliphatic carbocycles. The quantitative estimate of drug-likeness (QED) is 0.796. The lowest BCUT2D eigenvalue weighted by Crippen LogP contribution is -1.91. The maximum Gasteiger partial charge on any atom is 0.305 e. The Hall–Kier alpha value is -1.29. The summed E-state index contributed by atoms with van der Waals surface area (Å²) in [4.78, 5) is 13.7. The normalized spacial score (nSPS) is 10.5. The fourth-order valence-corrected chi connectivity index (χ4v) is 1.90. The summed E-state index contributed by atoms with van der Waals surface area (Å²) in [5.41, 5.74) is 0.848. The summed E-state index contributed by atoms with van der Waals surface area (Å²) < 4.78 is 6.27. The second-order valence-electron chi connectivity index (χ2n) is 2.61. The monoisotopic (exact) mass is 195 g/mol. The molecule has 2 aromatic rings. The van der Waals surface area contributed by atoms with Crippen LogP contribution in [0.3, 0.4) is 0 Å². The van der Waals surface area contributed by atoms with E-state index in [-0.39, 0.29) is 4.87 Å². The Bertz CT molecular complexity index is 472. The molecule has 13 heavy (non-hydrogen) atoms. The molecule has 0 atom stereocenters. The molecule has 0 aliphatic rings. The van der Waals surface area contributed by atoms with Gasteiger partial charge < -0.3 is 9.72 Å². The molecule has 0 amide bonds. The predicted octanol–water partition coefficient (Wildman–Crippen LogP) is 1.99. The second-order valence-corrected chi connectivity index (χ2v) is 3.62. The number of hydrogen-bond donors (Lipinski definition) is 1. The molecular formula is C9H9NO2S. The summed E-state index contributed by atoms with van der Waals surface area (Å²) in [6.07, 6.45) is 0. The molecule has 2 rings (SSSR count). The summed E-state index contributed by atoms with van der Waals surface area (Å²) in [7, 11) is 0. The first kappa shape index (κ1) is 8.31. The number of hydrogen-bond acceptors (Lipinski definition) is 3. The Kier molecular flexibility index (Phi) is 2.06. The van der Waals surface area contributed by atoms with E-state index in [1.807, 2.05) is 25.1 Å². The van der Waals surface area contributed by atoms with Crippen LogP contribution in [0.2, 0.25) is 0 Å². The van der Waals surface area contributed by atoms with E-state index >= 15 is 0 Å². The average molecular weight is 195 g/mol. The van der Waals surface area contributed by atoms with Gasteiger partial charge in [0, 0.05) is 6.07 Å². The Morgan fingerprint density at radius 2 is 2.38 bits per heavy atom. The van der Waals surface area contributed by atoms with E-state index in [0.717, 1.165) is 16.0 Å². The van der Waals surface area contributed by atoms with E-state index in [1.54, 1.807) is 0 Å². The second kappa shape index (κ2) is 3.22. The number of aromatic amines is 1. The van der Waals surface area contributed by atoms with Gasteiger partial charge in [0.1, 0.15) is 5.75 Å². The van der Waals surface area contributed by atoms with Gasteiger partial charge in [-0.3, -0.25) is 4.79 Å². The third kappa shape index (κ3) is 1.58. The van der Waals surface area contributed by atoms with Crippen molar-refractivity contribution in [3.05, 3.63) is 27.9 Å². The van der Waals surface area contributed by atoms with Crippen LogP contribution in [0.1, 0.15) is 6.92 Å². The molecule has 1 N–H and O–H groups in total. The Morgan fingerprint density at radius 1 is 1.54 bits per heavy atom. The number of ether oxygens (including phenoxy) is 1. The summed E-state index contributed by atoms with van der Waals surface area (Å²) in [5, 5.41) is 0. The summed E-state index contributed by atoms with van der Waals surface area (Å²) in [6.45, 7) is 2.57. The third-order valence-electron chi connectivity index (χ3n) is 1.70. The van der Waals surface area contributed by atoms with E-state index in [0.29, 0.717) is 6.61 Å². The fraction of sp³-hybridized carbons (Fsp3) is 0.222.